The minimum absolute atomic E-state index is 0.0831. The summed E-state index contributed by atoms with van der Waals surface area (Å²) in [4.78, 5) is 6.26. The van der Waals surface area contributed by atoms with Crippen molar-refractivity contribution in [3.63, 3.8) is 0 Å². The number of aliphatic imine (C=N–C) groups is 1. The van der Waals surface area contributed by atoms with Crippen LogP contribution in [0.5, 0.6) is 0 Å². The zero-order valence-electron chi connectivity index (χ0n) is 13.2. The number of likely N-dealkylation sites (N-methyl/N-ethyl adjacent to an activating group) is 1. The molecule has 0 aromatic heterocycles. The van der Waals surface area contributed by atoms with E-state index in [1.807, 2.05) is 20.2 Å². The van der Waals surface area contributed by atoms with E-state index >= 15 is 0 Å². The van der Waals surface area contributed by atoms with Crippen molar-refractivity contribution in [2.45, 2.75) is 6.04 Å². The first kappa shape index (κ1) is 17.8. The molecule has 0 saturated heterocycles. The molecule has 0 heterocycles. The highest BCUT2D eigenvalue weighted by molar-refractivity contribution is 7.98. The van der Waals surface area contributed by atoms with E-state index in [0.717, 1.165) is 23.8 Å². The minimum Gasteiger partial charge on any atom is -0.356 e. The van der Waals surface area contributed by atoms with Crippen molar-refractivity contribution in [2.24, 2.45) is 4.99 Å². The summed E-state index contributed by atoms with van der Waals surface area (Å²) in [6.07, 6.45) is 2.07. The third-order valence-electron chi connectivity index (χ3n) is 3.14. The number of benzene rings is 1. The molecule has 1 atom stereocenters. The lowest BCUT2D eigenvalue weighted by molar-refractivity contribution is 0.297. The predicted octanol–water partition coefficient (Wildman–Crippen LogP) is 1.96. The van der Waals surface area contributed by atoms with E-state index in [2.05, 4.69) is 26.8 Å². The van der Waals surface area contributed by atoms with Crippen molar-refractivity contribution in [1.29, 1.82) is 0 Å². The fourth-order valence-corrected chi connectivity index (χ4v) is 2.30. The topological polar surface area (TPSA) is 39.7 Å². The Morgan fingerprint density at radius 1 is 1.38 bits per heavy atom. The quantitative estimate of drug-likeness (QED) is 0.459. The number of thioether (sulfide) groups is 1. The molecule has 6 heteroatoms. The molecule has 0 fully saturated rings. The molecule has 2 N–H and O–H groups in total. The number of rotatable bonds is 7. The van der Waals surface area contributed by atoms with Crippen LogP contribution >= 0.6 is 11.8 Å². The molecule has 4 nitrogen and oxygen atoms in total. The Labute approximate surface area is 131 Å². The molecule has 0 aliphatic carbocycles. The lowest BCUT2D eigenvalue weighted by Gasteiger charge is -2.26. The van der Waals surface area contributed by atoms with Gasteiger partial charge in [0.25, 0.3) is 0 Å². The smallest absolute Gasteiger partial charge is 0.191 e. The highest BCUT2D eigenvalue weighted by Crippen LogP contribution is 2.18. The molecule has 1 unspecified atom stereocenters. The molecular weight excluding hydrogens is 287 g/mol. The van der Waals surface area contributed by atoms with Crippen molar-refractivity contribution in [3.8, 4) is 0 Å². The summed E-state index contributed by atoms with van der Waals surface area (Å²) in [6.45, 7) is 1.53. The Morgan fingerprint density at radius 3 is 2.71 bits per heavy atom. The van der Waals surface area contributed by atoms with Crippen LogP contribution in [-0.4, -0.2) is 57.1 Å². The number of hydrogen-bond acceptors (Lipinski definition) is 3. The second-order valence-electron chi connectivity index (χ2n) is 4.91. The van der Waals surface area contributed by atoms with E-state index in [4.69, 9.17) is 0 Å². The van der Waals surface area contributed by atoms with Crippen LogP contribution in [-0.2, 0) is 0 Å². The Hall–Kier alpha value is -1.27. The van der Waals surface area contributed by atoms with Crippen LogP contribution in [0.25, 0.3) is 0 Å². The number of halogens is 1. The van der Waals surface area contributed by atoms with E-state index in [0.29, 0.717) is 6.54 Å². The summed E-state index contributed by atoms with van der Waals surface area (Å²) in [5, 5.41) is 6.55. The third kappa shape index (κ3) is 6.35. The van der Waals surface area contributed by atoms with Gasteiger partial charge in [0.05, 0.1) is 6.04 Å². The molecule has 0 bridgehead atoms. The van der Waals surface area contributed by atoms with E-state index in [9.17, 15) is 4.39 Å². The maximum Gasteiger partial charge on any atom is 0.191 e. The van der Waals surface area contributed by atoms with Crippen molar-refractivity contribution < 1.29 is 4.39 Å². The third-order valence-corrected chi connectivity index (χ3v) is 3.75. The van der Waals surface area contributed by atoms with Gasteiger partial charge < -0.3 is 15.5 Å². The van der Waals surface area contributed by atoms with Crippen molar-refractivity contribution >= 4 is 17.7 Å². The summed E-state index contributed by atoms with van der Waals surface area (Å²) in [5.41, 5.74) is 0.951. The molecule has 1 aromatic rings. The number of nitrogens with zero attached hydrogens (tertiary/aromatic N) is 2. The van der Waals surface area contributed by atoms with E-state index in [1.165, 1.54) is 6.07 Å². The minimum atomic E-state index is -0.207. The van der Waals surface area contributed by atoms with Crippen molar-refractivity contribution in [2.75, 3.05) is 46.2 Å². The van der Waals surface area contributed by atoms with Gasteiger partial charge in [0, 0.05) is 25.9 Å². The van der Waals surface area contributed by atoms with Gasteiger partial charge in [0.2, 0.25) is 0 Å². The van der Waals surface area contributed by atoms with E-state index in [-0.39, 0.29) is 11.9 Å². The van der Waals surface area contributed by atoms with E-state index < -0.39 is 0 Å². The van der Waals surface area contributed by atoms with Crippen LogP contribution in [0.4, 0.5) is 4.39 Å². The fourth-order valence-electron chi connectivity index (χ4n) is 2.00. The fraction of sp³-hybridized carbons (Fsp3) is 0.533. The van der Waals surface area contributed by atoms with Gasteiger partial charge in [-0.2, -0.15) is 11.8 Å². The van der Waals surface area contributed by atoms with Gasteiger partial charge in [-0.3, -0.25) is 4.99 Å². The first-order valence-electron chi connectivity index (χ1n) is 6.93. The summed E-state index contributed by atoms with van der Waals surface area (Å²) in [5.74, 6) is 1.59. The van der Waals surface area contributed by atoms with E-state index in [1.54, 1.807) is 30.9 Å². The predicted molar refractivity (Wildman–Crippen MR) is 90.6 cm³/mol. The van der Waals surface area contributed by atoms with Gasteiger partial charge in [-0.05, 0) is 38.0 Å². The van der Waals surface area contributed by atoms with Gasteiger partial charge in [-0.15, -0.1) is 0 Å². The molecule has 0 saturated carbocycles. The number of nitrogens with one attached hydrogen (secondary N) is 2. The highest BCUT2D eigenvalue weighted by Gasteiger charge is 2.15. The SMILES string of the molecule is CN=C(NCCSC)NCC(c1cccc(F)c1)N(C)C. The van der Waals surface area contributed by atoms with Crippen molar-refractivity contribution in [1.82, 2.24) is 15.5 Å². The molecule has 0 aliphatic heterocycles. The average molecular weight is 312 g/mol. The molecule has 0 amide bonds. The molecule has 0 radical (unpaired) electrons. The summed E-state index contributed by atoms with van der Waals surface area (Å²) >= 11 is 1.79. The van der Waals surface area contributed by atoms with Crippen LogP contribution in [0.2, 0.25) is 0 Å². The number of guanidine groups is 1. The second kappa shape index (κ2) is 9.63. The second-order valence-corrected chi connectivity index (χ2v) is 5.89. The Bertz CT molecular complexity index is 451. The molecule has 1 aromatic carbocycles. The van der Waals surface area contributed by atoms with Gasteiger partial charge in [0.15, 0.2) is 5.96 Å². The summed E-state index contributed by atoms with van der Waals surface area (Å²) in [6, 6.07) is 6.81. The normalized spacial score (nSPS) is 13.3. The largest absolute Gasteiger partial charge is 0.356 e. The van der Waals surface area contributed by atoms with Gasteiger partial charge >= 0.3 is 0 Å². The molecule has 1 rings (SSSR count). The van der Waals surface area contributed by atoms with Crippen LogP contribution in [0, 0.1) is 5.82 Å². The average Bonchev–Trinajstić information content (AvgIpc) is 2.45. The Morgan fingerprint density at radius 2 is 2.14 bits per heavy atom. The first-order valence-corrected chi connectivity index (χ1v) is 8.33. The Balaban J connectivity index is 2.63. The summed E-state index contributed by atoms with van der Waals surface area (Å²) < 4.78 is 13.4. The lowest BCUT2D eigenvalue weighted by atomic mass is 10.1. The molecule has 21 heavy (non-hydrogen) atoms. The summed E-state index contributed by atoms with van der Waals surface area (Å²) in [7, 11) is 5.73. The molecule has 0 aliphatic rings. The first-order chi connectivity index (χ1) is 10.1. The van der Waals surface area contributed by atoms with Crippen LogP contribution in [0.3, 0.4) is 0 Å². The maximum atomic E-state index is 13.4. The number of hydrogen-bond donors (Lipinski definition) is 2. The van der Waals surface area contributed by atoms with Crippen molar-refractivity contribution in [3.05, 3.63) is 35.6 Å². The van der Waals surface area contributed by atoms with Gasteiger partial charge in [-0.25, -0.2) is 4.39 Å². The molecular formula is C15H25FN4S. The molecule has 0 spiro atoms. The molecule has 118 valence electrons. The van der Waals surface area contributed by atoms with Crippen LogP contribution in [0.1, 0.15) is 11.6 Å². The zero-order valence-corrected chi connectivity index (χ0v) is 14.0. The maximum absolute atomic E-state index is 13.4. The van der Waals surface area contributed by atoms with Crippen LogP contribution in [0.15, 0.2) is 29.3 Å². The van der Waals surface area contributed by atoms with Gasteiger partial charge in [0.1, 0.15) is 5.82 Å². The zero-order chi connectivity index (χ0) is 15.7. The Kier molecular flexibility index (Phi) is 8.15. The monoisotopic (exact) mass is 312 g/mol. The lowest BCUT2D eigenvalue weighted by Crippen LogP contribution is -2.42. The van der Waals surface area contributed by atoms with Gasteiger partial charge in [-0.1, -0.05) is 12.1 Å². The standard InChI is InChI=1S/C15H25FN4S/c1-17-15(18-8-9-21-4)19-11-14(20(2)3)12-6-5-7-13(16)10-12/h5-7,10,14H,8-9,11H2,1-4H3,(H2,17,18,19). The highest BCUT2D eigenvalue weighted by atomic mass is 32.2. The van der Waals surface area contributed by atoms with Crippen LogP contribution < -0.4 is 10.6 Å².